The molecule has 0 radical (unpaired) electrons. The highest BCUT2D eigenvalue weighted by Crippen LogP contribution is 2.25. The van der Waals surface area contributed by atoms with Crippen molar-refractivity contribution in [3.8, 4) is 0 Å². The zero-order valence-corrected chi connectivity index (χ0v) is 16.0. The molecule has 0 aliphatic carbocycles. The number of carbonyl (C=O) groups excluding carboxylic acids is 2. The Balaban J connectivity index is 1.47. The van der Waals surface area contributed by atoms with Crippen LogP contribution in [0.15, 0.2) is 54.6 Å². The number of hydrogen-bond donors (Lipinski definition) is 3. The lowest BCUT2D eigenvalue weighted by Crippen LogP contribution is -2.47. The van der Waals surface area contributed by atoms with Crippen LogP contribution in [0.3, 0.4) is 0 Å². The smallest absolute Gasteiger partial charge is 0.260 e. The summed E-state index contributed by atoms with van der Waals surface area (Å²) in [7, 11) is 0. The number of fused-ring (bicyclic) bond motifs is 1. The lowest BCUT2D eigenvalue weighted by molar-refractivity contribution is -0.129. The van der Waals surface area contributed by atoms with Gasteiger partial charge >= 0.3 is 0 Å². The van der Waals surface area contributed by atoms with Gasteiger partial charge in [-0.1, -0.05) is 60.7 Å². The Kier molecular flexibility index (Phi) is 6.03. The number of rotatable bonds is 6. The molecule has 140 valence electrons. The molecule has 3 aromatic rings. The summed E-state index contributed by atoms with van der Waals surface area (Å²) >= 11 is 1.48. The van der Waals surface area contributed by atoms with Gasteiger partial charge in [-0.3, -0.25) is 20.4 Å². The maximum atomic E-state index is 12.2. The second kappa shape index (κ2) is 8.64. The van der Waals surface area contributed by atoms with E-state index < -0.39 is 6.04 Å². The van der Waals surface area contributed by atoms with Crippen LogP contribution in [0.1, 0.15) is 31.7 Å². The molecular formula is C20H22N4O2S. The van der Waals surface area contributed by atoms with Gasteiger partial charge in [-0.15, -0.1) is 0 Å². The number of anilines is 1. The number of para-hydroxylation sites is 1. The summed E-state index contributed by atoms with van der Waals surface area (Å²) in [6, 6.07) is 17.1. The molecule has 2 aromatic carbocycles. The normalized spacial score (nSPS) is 13.0. The average Bonchev–Trinajstić information content (AvgIpc) is 3.09. The first-order valence-electron chi connectivity index (χ1n) is 8.78. The number of amides is 2. The van der Waals surface area contributed by atoms with Crippen molar-refractivity contribution < 1.29 is 9.59 Å². The number of hydrazine groups is 1. The van der Waals surface area contributed by atoms with Crippen molar-refractivity contribution in [2.45, 2.75) is 32.2 Å². The zero-order chi connectivity index (χ0) is 19.2. The van der Waals surface area contributed by atoms with Crippen LogP contribution < -0.4 is 16.2 Å². The Labute approximate surface area is 162 Å². The van der Waals surface area contributed by atoms with Crippen molar-refractivity contribution in [2.75, 3.05) is 5.32 Å². The van der Waals surface area contributed by atoms with Crippen LogP contribution in [0.4, 0.5) is 5.13 Å². The van der Waals surface area contributed by atoms with Crippen LogP contribution in [0.2, 0.25) is 0 Å². The SMILES string of the molecule is C[C@H](CC(=O)NNC(=O)[C@@H](C)Nc1nc2ccccc2s1)c1ccccc1. The van der Waals surface area contributed by atoms with E-state index in [2.05, 4.69) is 21.2 Å². The van der Waals surface area contributed by atoms with Crippen molar-refractivity contribution in [2.24, 2.45) is 0 Å². The van der Waals surface area contributed by atoms with Gasteiger partial charge in [0.25, 0.3) is 5.91 Å². The molecule has 0 unspecified atom stereocenters. The monoisotopic (exact) mass is 382 g/mol. The molecule has 3 rings (SSSR count). The first kappa shape index (κ1) is 18.8. The lowest BCUT2D eigenvalue weighted by atomic mass is 9.98. The van der Waals surface area contributed by atoms with Crippen LogP contribution in [-0.2, 0) is 9.59 Å². The number of nitrogens with zero attached hydrogens (tertiary/aromatic N) is 1. The number of carbonyl (C=O) groups is 2. The molecule has 0 bridgehead atoms. The standard InChI is InChI=1S/C20H22N4O2S/c1-13(15-8-4-3-5-9-15)12-18(25)23-24-19(26)14(2)21-20-22-16-10-6-7-11-17(16)27-20/h3-11,13-14H,12H2,1-2H3,(H,21,22)(H,23,25)(H,24,26)/t13-,14-/m1/s1. The molecule has 6 nitrogen and oxygen atoms in total. The van der Waals surface area contributed by atoms with Crippen LogP contribution in [0.25, 0.3) is 10.2 Å². The maximum absolute atomic E-state index is 12.2. The predicted molar refractivity (Wildman–Crippen MR) is 108 cm³/mol. The molecule has 0 saturated heterocycles. The number of aromatic nitrogens is 1. The minimum absolute atomic E-state index is 0.0707. The Morgan fingerprint density at radius 1 is 1.00 bits per heavy atom. The van der Waals surface area contributed by atoms with E-state index in [1.807, 2.05) is 61.5 Å². The van der Waals surface area contributed by atoms with Crippen LogP contribution in [-0.4, -0.2) is 22.8 Å². The van der Waals surface area contributed by atoms with Crippen molar-refractivity contribution in [1.29, 1.82) is 0 Å². The minimum atomic E-state index is -0.530. The number of hydrogen-bond acceptors (Lipinski definition) is 5. The molecule has 1 heterocycles. The average molecular weight is 382 g/mol. The van der Waals surface area contributed by atoms with E-state index in [0.29, 0.717) is 11.6 Å². The highest BCUT2D eigenvalue weighted by Gasteiger charge is 2.16. The molecule has 7 heteroatoms. The zero-order valence-electron chi connectivity index (χ0n) is 15.2. The lowest BCUT2D eigenvalue weighted by Gasteiger charge is -2.15. The van der Waals surface area contributed by atoms with Gasteiger partial charge in [0.2, 0.25) is 5.91 Å². The van der Waals surface area contributed by atoms with Gasteiger partial charge in [-0.2, -0.15) is 0 Å². The van der Waals surface area contributed by atoms with Crippen molar-refractivity contribution in [3.63, 3.8) is 0 Å². The molecule has 0 aliphatic heterocycles. The summed E-state index contributed by atoms with van der Waals surface area (Å²) < 4.78 is 1.05. The first-order chi connectivity index (χ1) is 13.0. The second-order valence-electron chi connectivity index (χ2n) is 6.41. The third kappa shape index (κ3) is 5.04. The van der Waals surface area contributed by atoms with E-state index in [0.717, 1.165) is 15.8 Å². The predicted octanol–water partition coefficient (Wildman–Crippen LogP) is 3.44. The van der Waals surface area contributed by atoms with Gasteiger partial charge < -0.3 is 5.32 Å². The van der Waals surface area contributed by atoms with E-state index >= 15 is 0 Å². The summed E-state index contributed by atoms with van der Waals surface area (Å²) in [6.45, 7) is 3.70. The molecule has 1 aromatic heterocycles. The summed E-state index contributed by atoms with van der Waals surface area (Å²) in [4.78, 5) is 28.7. The quantitative estimate of drug-likeness (QED) is 0.570. The summed E-state index contributed by atoms with van der Waals surface area (Å²) in [5.74, 6) is -0.483. The van der Waals surface area contributed by atoms with Gasteiger partial charge in [0.05, 0.1) is 10.2 Å². The molecule has 0 saturated carbocycles. The minimum Gasteiger partial charge on any atom is -0.350 e. The van der Waals surface area contributed by atoms with Gasteiger partial charge in [-0.25, -0.2) is 4.98 Å². The fourth-order valence-electron chi connectivity index (χ4n) is 2.65. The second-order valence-corrected chi connectivity index (χ2v) is 7.44. The van der Waals surface area contributed by atoms with Crippen LogP contribution >= 0.6 is 11.3 Å². The Morgan fingerprint density at radius 2 is 1.70 bits per heavy atom. The van der Waals surface area contributed by atoms with E-state index in [9.17, 15) is 9.59 Å². The summed E-state index contributed by atoms with van der Waals surface area (Å²) in [5.41, 5.74) is 6.93. The molecule has 2 atom stereocenters. The molecule has 3 N–H and O–H groups in total. The third-order valence-electron chi connectivity index (χ3n) is 4.21. The molecule has 0 aliphatic rings. The molecule has 27 heavy (non-hydrogen) atoms. The van der Waals surface area contributed by atoms with Crippen molar-refractivity contribution >= 4 is 38.5 Å². The summed E-state index contributed by atoms with van der Waals surface area (Å²) in [5, 5.41) is 3.73. The highest BCUT2D eigenvalue weighted by atomic mass is 32.1. The fraction of sp³-hybridized carbons (Fsp3) is 0.250. The topological polar surface area (TPSA) is 83.1 Å². The van der Waals surface area contributed by atoms with Crippen LogP contribution in [0.5, 0.6) is 0 Å². The first-order valence-corrected chi connectivity index (χ1v) is 9.60. The number of thiazole rings is 1. The summed E-state index contributed by atoms with van der Waals surface area (Å²) in [6.07, 6.45) is 0.296. The third-order valence-corrected chi connectivity index (χ3v) is 5.18. The fourth-order valence-corrected chi connectivity index (χ4v) is 3.61. The van der Waals surface area contributed by atoms with Gasteiger partial charge in [0.15, 0.2) is 5.13 Å². The number of nitrogens with one attached hydrogen (secondary N) is 3. The molecular weight excluding hydrogens is 360 g/mol. The Morgan fingerprint density at radius 3 is 2.44 bits per heavy atom. The largest absolute Gasteiger partial charge is 0.350 e. The maximum Gasteiger partial charge on any atom is 0.260 e. The molecule has 0 spiro atoms. The van der Waals surface area contributed by atoms with E-state index in [1.54, 1.807) is 6.92 Å². The van der Waals surface area contributed by atoms with Gasteiger partial charge in [-0.05, 0) is 30.5 Å². The van der Waals surface area contributed by atoms with E-state index in [4.69, 9.17) is 0 Å². The number of benzene rings is 2. The van der Waals surface area contributed by atoms with E-state index in [1.165, 1.54) is 11.3 Å². The molecule has 2 amide bonds. The van der Waals surface area contributed by atoms with Gasteiger partial charge in [0, 0.05) is 6.42 Å². The van der Waals surface area contributed by atoms with Gasteiger partial charge in [0.1, 0.15) is 6.04 Å². The van der Waals surface area contributed by atoms with E-state index in [-0.39, 0.29) is 17.7 Å². The van der Waals surface area contributed by atoms with Crippen LogP contribution in [0, 0.1) is 0 Å². The Bertz CT molecular complexity index is 893. The Hall–Kier alpha value is -2.93. The van der Waals surface area contributed by atoms with Crippen molar-refractivity contribution in [3.05, 3.63) is 60.2 Å². The molecule has 0 fully saturated rings. The highest BCUT2D eigenvalue weighted by molar-refractivity contribution is 7.22. The van der Waals surface area contributed by atoms with Crippen molar-refractivity contribution in [1.82, 2.24) is 15.8 Å².